The summed E-state index contributed by atoms with van der Waals surface area (Å²) in [5.74, 6) is -3.82. The fraction of sp³-hybridized carbons (Fsp3) is 0.471. The summed E-state index contributed by atoms with van der Waals surface area (Å²) in [6.07, 6.45) is -2.79. The molecule has 4 rings (SSSR count). The van der Waals surface area contributed by atoms with Gasteiger partial charge in [0.2, 0.25) is 12.0 Å². The highest BCUT2D eigenvalue weighted by atomic mass is 16.6. The largest absolute Gasteiger partial charge is 0.458 e. The normalized spacial score (nSPS) is 16.0. The van der Waals surface area contributed by atoms with E-state index in [1.54, 1.807) is 34.6 Å². The fourth-order valence-corrected chi connectivity index (χ4v) is 5.46. The second-order valence-electron chi connectivity index (χ2n) is 12.6. The Kier molecular flexibility index (Phi) is 10.4. The number of rotatable bonds is 11. The Bertz CT molecular complexity index is 1410. The van der Waals surface area contributed by atoms with E-state index < -0.39 is 65.2 Å². The minimum absolute atomic E-state index is 0.0145. The molecule has 0 unspecified atom stereocenters. The van der Waals surface area contributed by atoms with E-state index in [2.05, 4.69) is 10.6 Å². The van der Waals surface area contributed by atoms with Crippen molar-refractivity contribution in [2.24, 2.45) is 5.92 Å². The van der Waals surface area contributed by atoms with Crippen LogP contribution in [-0.4, -0.2) is 65.9 Å². The molecule has 11 heteroatoms. The number of hydrogen-bond donors (Lipinski definition) is 2. The molecule has 45 heavy (non-hydrogen) atoms. The average Bonchev–Trinajstić information content (AvgIpc) is 3.47. The SMILES string of the molecule is CC(C)[C@H](NC(=O)OCC1c2ccccc2-c2ccccc21)C(=O)N[C@@H](CCC(=O)OC1C(=O)CCC1=O)C(=O)OC(C)(C)C. The van der Waals surface area contributed by atoms with Crippen LogP contribution in [-0.2, 0) is 38.2 Å². The molecule has 11 nitrogen and oxygen atoms in total. The van der Waals surface area contributed by atoms with Gasteiger partial charge in [-0.15, -0.1) is 0 Å². The molecule has 1 fully saturated rings. The minimum atomic E-state index is -1.43. The Morgan fingerprint density at radius 3 is 1.96 bits per heavy atom. The van der Waals surface area contributed by atoms with Gasteiger partial charge < -0.3 is 24.8 Å². The highest BCUT2D eigenvalue weighted by Crippen LogP contribution is 2.44. The number of Topliss-reactive ketones (excluding diaryl/α,β-unsaturated/α-hetero) is 2. The van der Waals surface area contributed by atoms with Crippen LogP contribution in [0.5, 0.6) is 0 Å². The summed E-state index contributed by atoms with van der Waals surface area (Å²) in [5.41, 5.74) is 3.37. The average molecular weight is 621 g/mol. The molecule has 0 heterocycles. The van der Waals surface area contributed by atoms with Gasteiger partial charge in [-0.05, 0) is 55.4 Å². The topological polar surface area (TPSA) is 154 Å². The zero-order valence-electron chi connectivity index (χ0n) is 26.2. The first-order valence-corrected chi connectivity index (χ1v) is 15.1. The molecule has 2 aliphatic carbocycles. The van der Waals surface area contributed by atoms with E-state index in [1.165, 1.54) is 0 Å². The molecule has 0 aromatic heterocycles. The van der Waals surface area contributed by atoms with E-state index in [0.717, 1.165) is 22.3 Å². The van der Waals surface area contributed by atoms with Gasteiger partial charge in [-0.2, -0.15) is 0 Å². The number of ketones is 2. The molecular weight excluding hydrogens is 580 g/mol. The molecule has 240 valence electrons. The molecule has 1 saturated carbocycles. The van der Waals surface area contributed by atoms with Gasteiger partial charge >= 0.3 is 18.0 Å². The Balaban J connectivity index is 1.39. The zero-order chi connectivity index (χ0) is 32.9. The van der Waals surface area contributed by atoms with Gasteiger partial charge in [0.05, 0.1) is 0 Å². The first kappa shape index (κ1) is 33.4. The van der Waals surface area contributed by atoms with E-state index in [-0.39, 0.29) is 38.2 Å². The van der Waals surface area contributed by atoms with Gasteiger partial charge in [-0.3, -0.25) is 19.2 Å². The number of carbonyl (C=O) groups excluding carboxylic acids is 6. The van der Waals surface area contributed by atoms with Crippen molar-refractivity contribution in [3.8, 4) is 11.1 Å². The lowest BCUT2D eigenvalue weighted by Crippen LogP contribution is -2.54. The zero-order valence-corrected chi connectivity index (χ0v) is 26.2. The molecule has 0 radical (unpaired) electrons. The quantitative estimate of drug-likeness (QED) is 0.216. The molecule has 2 aromatic carbocycles. The molecule has 0 saturated heterocycles. The van der Waals surface area contributed by atoms with Crippen LogP contribution < -0.4 is 10.6 Å². The molecule has 2 N–H and O–H groups in total. The van der Waals surface area contributed by atoms with Crippen LogP contribution in [0, 0.1) is 5.92 Å². The highest BCUT2D eigenvalue weighted by Gasteiger charge is 2.37. The van der Waals surface area contributed by atoms with Crippen LogP contribution in [0.15, 0.2) is 48.5 Å². The Morgan fingerprint density at radius 1 is 0.867 bits per heavy atom. The molecule has 2 atom stereocenters. The summed E-state index contributed by atoms with van der Waals surface area (Å²) in [6.45, 7) is 8.48. The number of esters is 2. The third kappa shape index (κ3) is 8.34. The van der Waals surface area contributed by atoms with Crippen LogP contribution in [0.25, 0.3) is 11.1 Å². The number of amides is 2. The van der Waals surface area contributed by atoms with Crippen molar-refractivity contribution < 1.29 is 43.0 Å². The maximum atomic E-state index is 13.4. The summed E-state index contributed by atoms with van der Waals surface area (Å²) >= 11 is 0. The van der Waals surface area contributed by atoms with E-state index in [1.807, 2.05) is 48.5 Å². The molecule has 2 amide bonds. The standard InChI is InChI=1S/C34H40N2O9/c1-19(2)29(36-33(42)43-18-24-22-12-8-6-10-20(22)21-11-7-9-13-23(21)24)31(40)35-25(32(41)45-34(3,4)5)14-17-28(39)44-30-26(37)15-16-27(30)38/h6-13,19,24-25,29-30H,14-18H2,1-5H3,(H,35,40)(H,36,42)/t25-,29-/m0/s1. The number of alkyl carbamates (subject to hydrolysis) is 1. The van der Waals surface area contributed by atoms with Gasteiger partial charge in [-0.25, -0.2) is 9.59 Å². The van der Waals surface area contributed by atoms with Crippen molar-refractivity contribution in [2.45, 2.75) is 90.0 Å². The van der Waals surface area contributed by atoms with Crippen molar-refractivity contribution in [2.75, 3.05) is 6.61 Å². The number of hydrogen-bond acceptors (Lipinski definition) is 9. The summed E-state index contributed by atoms with van der Waals surface area (Å²) in [7, 11) is 0. The molecule has 0 aliphatic heterocycles. The Morgan fingerprint density at radius 2 is 1.42 bits per heavy atom. The second-order valence-corrected chi connectivity index (χ2v) is 12.6. The van der Waals surface area contributed by atoms with Gasteiger partial charge in [0.15, 0.2) is 11.6 Å². The Hall–Kier alpha value is -4.54. The number of fused-ring (bicyclic) bond motifs is 3. The van der Waals surface area contributed by atoms with E-state index in [4.69, 9.17) is 14.2 Å². The summed E-state index contributed by atoms with van der Waals surface area (Å²) in [6, 6.07) is 13.5. The fourth-order valence-electron chi connectivity index (χ4n) is 5.46. The minimum Gasteiger partial charge on any atom is -0.458 e. The van der Waals surface area contributed by atoms with Gasteiger partial charge in [0, 0.05) is 25.2 Å². The summed E-state index contributed by atoms with van der Waals surface area (Å²) < 4.78 is 16.1. The van der Waals surface area contributed by atoms with Crippen molar-refractivity contribution in [1.82, 2.24) is 10.6 Å². The van der Waals surface area contributed by atoms with E-state index in [9.17, 15) is 28.8 Å². The monoisotopic (exact) mass is 620 g/mol. The third-order valence-corrected chi connectivity index (χ3v) is 7.66. The first-order chi connectivity index (χ1) is 21.2. The van der Waals surface area contributed by atoms with Crippen LogP contribution in [0.4, 0.5) is 4.79 Å². The smallest absolute Gasteiger partial charge is 0.407 e. The van der Waals surface area contributed by atoms with E-state index >= 15 is 0 Å². The second kappa shape index (κ2) is 14.0. The molecule has 2 aliphatic rings. The molecular formula is C34H40N2O9. The van der Waals surface area contributed by atoms with Gasteiger partial charge in [0.1, 0.15) is 24.3 Å². The van der Waals surface area contributed by atoms with Crippen LogP contribution in [0.1, 0.15) is 77.3 Å². The van der Waals surface area contributed by atoms with Gasteiger partial charge in [0.25, 0.3) is 0 Å². The maximum Gasteiger partial charge on any atom is 0.407 e. The lowest BCUT2D eigenvalue weighted by Gasteiger charge is -2.27. The van der Waals surface area contributed by atoms with Crippen LogP contribution in [0.3, 0.4) is 0 Å². The Labute approximate surface area is 262 Å². The number of benzene rings is 2. The maximum absolute atomic E-state index is 13.4. The summed E-state index contributed by atoms with van der Waals surface area (Å²) in [5, 5.41) is 5.20. The van der Waals surface area contributed by atoms with Gasteiger partial charge in [-0.1, -0.05) is 62.4 Å². The predicted molar refractivity (Wildman–Crippen MR) is 163 cm³/mol. The molecule has 0 bridgehead atoms. The molecule has 0 spiro atoms. The number of ether oxygens (including phenoxy) is 3. The summed E-state index contributed by atoms with van der Waals surface area (Å²) in [4.78, 5) is 75.5. The van der Waals surface area contributed by atoms with Crippen molar-refractivity contribution in [1.29, 1.82) is 0 Å². The van der Waals surface area contributed by atoms with Crippen LogP contribution in [0.2, 0.25) is 0 Å². The third-order valence-electron chi connectivity index (χ3n) is 7.66. The predicted octanol–water partition coefficient (Wildman–Crippen LogP) is 4.00. The van der Waals surface area contributed by atoms with E-state index in [0.29, 0.717) is 0 Å². The van der Waals surface area contributed by atoms with Crippen molar-refractivity contribution in [3.05, 3.63) is 59.7 Å². The highest BCUT2D eigenvalue weighted by molar-refractivity contribution is 6.12. The lowest BCUT2D eigenvalue weighted by atomic mass is 9.98. The molecule has 2 aromatic rings. The number of nitrogens with one attached hydrogen (secondary N) is 2. The lowest BCUT2D eigenvalue weighted by molar-refractivity contribution is -0.161. The first-order valence-electron chi connectivity index (χ1n) is 15.1. The number of carbonyl (C=O) groups is 6. The van der Waals surface area contributed by atoms with Crippen LogP contribution >= 0.6 is 0 Å². The van der Waals surface area contributed by atoms with Crippen molar-refractivity contribution >= 4 is 35.5 Å². The van der Waals surface area contributed by atoms with Crippen molar-refractivity contribution in [3.63, 3.8) is 0 Å².